The third-order valence-electron chi connectivity index (χ3n) is 2.41. The van der Waals surface area contributed by atoms with E-state index in [0.29, 0.717) is 0 Å². The van der Waals surface area contributed by atoms with Crippen LogP contribution in [0.2, 0.25) is 0 Å². The monoisotopic (exact) mass is 246 g/mol. The van der Waals surface area contributed by atoms with Gasteiger partial charge in [0.2, 0.25) is 0 Å². The second-order valence-electron chi connectivity index (χ2n) is 3.22. The van der Waals surface area contributed by atoms with Gasteiger partial charge in [0.1, 0.15) is 0 Å². The SMILES string of the molecule is [Br-].c1ccc2c(c1)[nH]c1ccccc12. The largest absolute Gasteiger partial charge is 1.00 e. The maximum atomic E-state index is 3.38. The van der Waals surface area contributed by atoms with Crippen molar-refractivity contribution < 1.29 is 17.0 Å². The second kappa shape index (κ2) is 3.46. The summed E-state index contributed by atoms with van der Waals surface area (Å²) >= 11 is 0. The minimum absolute atomic E-state index is 0. The van der Waals surface area contributed by atoms with Gasteiger partial charge in [0.25, 0.3) is 0 Å². The average molecular weight is 247 g/mol. The summed E-state index contributed by atoms with van der Waals surface area (Å²) in [5.41, 5.74) is 2.42. The molecule has 2 heteroatoms. The van der Waals surface area contributed by atoms with Crippen molar-refractivity contribution in [3.05, 3.63) is 48.5 Å². The summed E-state index contributed by atoms with van der Waals surface area (Å²) < 4.78 is 0. The Balaban J connectivity index is 0.000000750. The molecule has 1 nitrogen and oxygen atoms in total. The maximum absolute atomic E-state index is 3.38. The van der Waals surface area contributed by atoms with Crippen LogP contribution in [0.15, 0.2) is 48.5 Å². The van der Waals surface area contributed by atoms with Crippen LogP contribution in [0, 0.1) is 0 Å². The normalized spacial score (nSPS) is 10.3. The van der Waals surface area contributed by atoms with Gasteiger partial charge in [-0.3, -0.25) is 0 Å². The molecule has 3 aromatic rings. The molecule has 1 N–H and O–H groups in total. The van der Waals surface area contributed by atoms with E-state index in [1.165, 1.54) is 21.8 Å². The summed E-state index contributed by atoms with van der Waals surface area (Å²) in [6, 6.07) is 16.8. The number of H-pyrrole nitrogens is 1. The van der Waals surface area contributed by atoms with Crippen LogP contribution in [0.3, 0.4) is 0 Å². The van der Waals surface area contributed by atoms with Crippen molar-refractivity contribution >= 4 is 21.8 Å². The van der Waals surface area contributed by atoms with E-state index in [1.54, 1.807) is 0 Å². The average Bonchev–Trinajstić information content (AvgIpc) is 2.56. The first kappa shape index (κ1) is 9.28. The quantitative estimate of drug-likeness (QED) is 0.589. The molecule has 0 amide bonds. The fraction of sp³-hybridized carbons (Fsp3) is 0. The van der Waals surface area contributed by atoms with Gasteiger partial charge >= 0.3 is 0 Å². The van der Waals surface area contributed by atoms with Crippen molar-refractivity contribution in [3.8, 4) is 0 Å². The fourth-order valence-electron chi connectivity index (χ4n) is 1.80. The third kappa shape index (κ3) is 1.23. The Hall–Kier alpha value is -1.28. The Morgan fingerprint density at radius 3 is 1.57 bits per heavy atom. The predicted molar refractivity (Wildman–Crippen MR) is 55.8 cm³/mol. The summed E-state index contributed by atoms with van der Waals surface area (Å²) in [6.45, 7) is 0. The van der Waals surface area contributed by atoms with Gasteiger partial charge in [0, 0.05) is 21.8 Å². The molecule has 0 aliphatic heterocycles. The molecule has 0 aliphatic carbocycles. The lowest BCUT2D eigenvalue weighted by Gasteiger charge is -1.87. The van der Waals surface area contributed by atoms with E-state index in [0.717, 1.165) is 0 Å². The number of aromatic nitrogens is 1. The fourth-order valence-corrected chi connectivity index (χ4v) is 1.80. The van der Waals surface area contributed by atoms with E-state index < -0.39 is 0 Å². The van der Waals surface area contributed by atoms with Crippen LogP contribution >= 0.6 is 0 Å². The molecule has 0 atom stereocenters. The van der Waals surface area contributed by atoms with Gasteiger partial charge in [0.05, 0.1) is 0 Å². The maximum Gasteiger partial charge on any atom is 0.0464 e. The van der Waals surface area contributed by atoms with Gasteiger partial charge in [-0.2, -0.15) is 0 Å². The first-order valence-corrected chi connectivity index (χ1v) is 4.40. The van der Waals surface area contributed by atoms with Crippen LogP contribution in [-0.2, 0) is 0 Å². The number of nitrogens with one attached hydrogen (secondary N) is 1. The lowest BCUT2D eigenvalue weighted by molar-refractivity contribution is -0.00000252. The van der Waals surface area contributed by atoms with Crippen molar-refractivity contribution in [2.75, 3.05) is 0 Å². The highest BCUT2D eigenvalue weighted by Gasteiger charge is 2.00. The van der Waals surface area contributed by atoms with Crippen LogP contribution in [-0.4, -0.2) is 4.98 Å². The van der Waals surface area contributed by atoms with Crippen LogP contribution in [0.25, 0.3) is 21.8 Å². The number of para-hydroxylation sites is 2. The van der Waals surface area contributed by atoms with Gasteiger partial charge in [-0.1, -0.05) is 36.4 Å². The second-order valence-corrected chi connectivity index (χ2v) is 3.22. The zero-order valence-electron chi connectivity index (χ0n) is 7.50. The highest BCUT2D eigenvalue weighted by molar-refractivity contribution is 6.06. The van der Waals surface area contributed by atoms with Gasteiger partial charge in [0.15, 0.2) is 0 Å². The summed E-state index contributed by atoms with van der Waals surface area (Å²) in [4.78, 5) is 3.38. The highest BCUT2D eigenvalue weighted by atomic mass is 79.9. The molecule has 14 heavy (non-hydrogen) atoms. The molecule has 3 rings (SSSR count). The zero-order valence-corrected chi connectivity index (χ0v) is 9.08. The van der Waals surface area contributed by atoms with E-state index in [1.807, 2.05) is 0 Å². The van der Waals surface area contributed by atoms with Crippen LogP contribution in [0.5, 0.6) is 0 Å². The highest BCUT2D eigenvalue weighted by Crippen LogP contribution is 2.24. The summed E-state index contributed by atoms with van der Waals surface area (Å²) in [5, 5.41) is 2.61. The molecule has 1 aromatic heterocycles. The van der Waals surface area contributed by atoms with E-state index >= 15 is 0 Å². The minimum Gasteiger partial charge on any atom is -1.00 e. The van der Waals surface area contributed by atoms with E-state index in [4.69, 9.17) is 0 Å². The minimum atomic E-state index is 0. The molecule has 70 valence electrons. The lowest BCUT2D eigenvalue weighted by atomic mass is 10.2. The van der Waals surface area contributed by atoms with Gasteiger partial charge in [-0.05, 0) is 12.1 Å². The third-order valence-corrected chi connectivity index (χ3v) is 2.41. The van der Waals surface area contributed by atoms with Crippen molar-refractivity contribution in [2.24, 2.45) is 0 Å². The summed E-state index contributed by atoms with van der Waals surface area (Å²) in [5.74, 6) is 0. The molecule has 0 fully saturated rings. The van der Waals surface area contributed by atoms with Crippen LogP contribution in [0.1, 0.15) is 0 Å². The number of halogens is 1. The van der Waals surface area contributed by atoms with E-state index in [2.05, 4.69) is 53.5 Å². The standard InChI is InChI=1S/C12H9N.BrH/c1-3-7-11-9(5-1)10-6-2-4-8-12(10)13-11;/h1-8,13H;1H/p-1. The van der Waals surface area contributed by atoms with E-state index in [9.17, 15) is 0 Å². The lowest BCUT2D eigenvalue weighted by Crippen LogP contribution is -3.00. The first-order chi connectivity index (χ1) is 6.45. The van der Waals surface area contributed by atoms with Crippen molar-refractivity contribution in [1.29, 1.82) is 0 Å². The molecule has 0 bridgehead atoms. The molecular formula is C12H9BrN-. The molecule has 0 aliphatic rings. The number of hydrogen-bond acceptors (Lipinski definition) is 0. The molecule has 2 aromatic carbocycles. The number of rotatable bonds is 0. The number of aromatic amines is 1. The molecular weight excluding hydrogens is 238 g/mol. The summed E-state index contributed by atoms with van der Waals surface area (Å²) in [6.07, 6.45) is 0. The predicted octanol–water partition coefficient (Wildman–Crippen LogP) is 0.325. The molecule has 0 saturated heterocycles. The van der Waals surface area contributed by atoms with Crippen LogP contribution < -0.4 is 17.0 Å². The van der Waals surface area contributed by atoms with Gasteiger partial charge < -0.3 is 22.0 Å². The van der Waals surface area contributed by atoms with Crippen molar-refractivity contribution in [3.63, 3.8) is 0 Å². The Morgan fingerprint density at radius 1 is 0.643 bits per heavy atom. The molecule has 0 unspecified atom stereocenters. The Bertz CT molecular complexity index is 518. The topological polar surface area (TPSA) is 15.8 Å². The smallest absolute Gasteiger partial charge is 0.0464 e. The van der Waals surface area contributed by atoms with Crippen LogP contribution in [0.4, 0.5) is 0 Å². The number of benzene rings is 2. The molecule has 1 heterocycles. The Morgan fingerprint density at radius 2 is 1.07 bits per heavy atom. The van der Waals surface area contributed by atoms with Gasteiger partial charge in [-0.15, -0.1) is 0 Å². The Kier molecular flexibility index (Phi) is 2.30. The molecule has 0 saturated carbocycles. The van der Waals surface area contributed by atoms with Gasteiger partial charge in [-0.25, -0.2) is 0 Å². The Labute approximate surface area is 92.5 Å². The van der Waals surface area contributed by atoms with Crippen molar-refractivity contribution in [1.82, 2.24) is 4.98 Å². The molecule has 0 radical (unpaired) electrons. The van der Waals surface area contributed by atoms with Crippen molar-refractivity contribution in [2.45, 2.75) is 0 Å². The summed E-state index contributed by atoms with van der Waals surface area (Å²) in [7, 11) is 0. The zero-order chi connectivity index (χ0) is 8.67. The molecule has 0 spiro atoms. The first-order valence-electron chi connectivity index (χ1n) is 4.40. The van der Waals surface area contributed by atoms with E-state index in [-0.39, 0.29) is 17.0 Å². The number of hydrogen-bond donors (Lipinski definition) is 1. The number of fused-ring (bicyclic) bond motifs is 3.